The Balaban J connectivity index is 1.89. The van der Waals surface area contributed by atoms with Gasteiger partial charge in [-0.1, -0.05) is 37.3 Å². The summed E-state index contributed by atoms with van der Waals surface area (Å²) in [5.41, 5.74) is 2.59. The van der Waals surface area contributed by atoms with Crippen molar-refractivity contribution in [3.8, 4) is 11.5 Å². The highest BCUT2D eigenvalue weighted by Gasteiger charge is 2.23. The van der Waals surface area contributed by atoms with Gasteiger partial charge in [0.25, 0.3) is 5.91 Å². The molecule has 3 rings (SSSR count). The molecule has 2 aromatic carbocycles. The lowest BCUT2D eigenvalue weighted by molar-refractivity contribution is 0.0690. The second kappa shape index (κ2) is 11.7. The first kappa shape index (κ1) is 25.2. The minimum absolute atomic E-state index is 0.0346. The maximum absolute atomic E-state index is 13.6. The first-order valence-electron chi connectivity index (χ1n) is 11.2. The van der Waals surface area contributed by atoms with E-state index in [1.165, 1.54) is 16.9 Å². The highest BCUT2D eigenvalue weighted by molar-refractivity contribution is 7.11. The molecule has 1 N–H and O–H groups in total. The van der Waals surface area contributed by atoms with Gasteiger partial charge in [-0.05, 0) is 43.9 Å². The molecule has 0 spiro atoms. The van der Waals surface area contributed by atoms with Crippen LogP contribution in [0, 0.1) is 6.92 Å². The van der Waals surface area contributed by atoms with E-state index in [2.05, 4.69) is 17.1 Å². The number of aromatic nitrogens is 1. The van der Waals surface area contributed by atoms with E-state index in [4.69, 9.17) is 9.47 Å². The third-order valence-corrected chi connectivity index (χ3v) is 6.56. The quantitative estimate of drug-likeness (QED) is 0.414. The van der Waals surface area contributed by atoms with Gasteiger partial charge in [0.15, 0.2) is 5.69 Å². The molecule has 0 aliphatic rings. The van der Waals surface area contributed by atoms with Crippen LogP contribution < -0.4 is 9.47 Å². The zero-order valence-corrected chi connectivity index (χ0v) is 20.8. The molecule has 8 heteroatoms. The number of hydrogen-bond acceptors (Lipinski definition) is 6. The number of benzene rings is 2. The van der Waals surface area contributed by atoms with Gasteiger partial charge in [0, 0.05) is 22.5 Å². The number of nitrogens with zero attached hydrogens (tertiary/aromatic N) is 2. The summed E-state index contributed by atoms with van der Waals surface area (Å²) in [6.45, 7) is 4.45. The second-order valence-corrected chi connectivity index (χ2v) is 9.13. The van der Waals surface area contributed by atoms with Gasteiger partial charge in [0.05, 0.1) is 20.8 Å². The van der Waals surface area contributed by atoms with Crippen molar-refractivity contribution in [2.75, 3.05) is 20.8 Å². The fourth-order valence-corrected chi connectivity index (χ4v) is 4.83. The minimum Gasteiger partial charge on any atom is -0.496 e. The van der Waals surface area contributed by atoms with Crippen molar-refractivity contribution >= 4 is 23.2 Å². The number of carboxylic acids is 1. The van der Waals surface area contributed by atoms with Gasteiger partial charge in [-0.3, -0.25) is 4.79 Å². The maximum atomic E-state index is 13.6. The number of carboxylic acid groups (broad SMARTS) is 1. The molecule has 0 aliphatic heterocycles. The van der Waals surface area contributed by atoms with Crippen LogP contribution in [0.15, 0.2) is 42.5 Å². The smallest absolute Gasteiger partial charge is 0.355 e. The first-order valence-corrected chi connectivity index (χ1v) is 12.0. The number of thiazole rings is 1. The van der Waals surface area contributed by atoms with Crippen molar-refractivity contribution in [3.05, 3.63) is 74.7 Å². The van der Waals surface area contributed by atoms with Gasteiger partial charge in [0.2, 0.25) is 0 Å². The van der Waals surface area contributed by atoms with Gasteiger partial charge in [0.1, 0.15) is 16.5 Å². The molecular formula is C26H30N2O5S. The molecule has 0 saturated heterocycles. The van der Waals surface area contributed by atoms with Crippen molar-refractivity contribution in [1.82, 2.24) is 9.88 Å². The third kappa shape index (κ3) is 5.94. The van der Waals surface area contributed by atoms with Gasteiger partial charge in [-0.25, -0.2) is 9.78 Å². The highest BCUT2D eigenvalue weighted by Crippen LogP contribution is 2.32. The molecule has 0 bridgehead atoms. The molecule has 0 saturated carbocycles. The molecule has 7 nitrogen and oxygen atoms in total. The fourth-order valence-electron chi connectivity index (χ4n) is 3.89. The predicted molar refractivity (Wildman–Crippen MR) is 132 cm³/mol. The Labute approximate surface area is 204 Å². The van der Waals surface area contributed by atoms with Crippen LogP contribution in [0.3, 0.4) is 0 Å². The number of aromatic carboxylic acids is 1. The monoisotopic (exact) mass is 482 g/mol. The Morgan fingerprint density at radius 2 is 1.74 bits per heavy atom. The van der Waals surface area contributed by atoms with Crippen molar-refractivity contribution < 1.29 is 24.2 Å². The summed E-state index contributed by atoms with van der Waals surface area (Å²) in [5.74, 6) is -0.0380. The number of carbonyl (C=O) groups is 2. The van der Waals surface area contributed by atoms with E-state index in [0.717, 1.165) is 18.4 Å². The number of carbonyl (C=O) groups excluding carboxylic acids is 1. The molecule has 0 aliphatic carbocycles. The molecule has 1 amide bonds. The maximum Gasteiger partial charge on any atom is 0.355 e. The van der Waals surface area contributed by atoms with Crippen LogP contribution in [0.5, 0.6) is 11.5 Å². The summed E-state index contributed by atoms with van der Waals surface area (Å²) in [7, 11) is 3.15. The lowest BCUT2D eigenvalue weighted by Gasteiger charge is -2.23. The number of ether oxygens (including phenoxy) is 2. The molecule has 0 fully saturated rings. The number of aryl methyl sites for hydroxylation is 2. The molecule has 0 unspecified atom stereocenters. The molecule has 180 valence electrons. The van der Waals surface area contributed by atoms with E-state index >= 15 is 0 Å². The van der Waals surface area contributed by atoms with Gasteiger partial charge < -0.3 is 19.5 Å². The van der Waals surface area contributed by atoms with Crippen LogP contribution in [0.1, 0.15) is 55.2 Å². The SMILES string of the molecule is CCc1c(OC)cc(C(=O)N(CCCc2ccccc2)Cc2nc(C(=O)O)c(C)s2)cc1OC. The van der Waals surface area contributed by atoms with Crippen LogP contribution >= 0.6 is 11.3 Å². The second-order valence-electron chi connectivity index (χ2n) is 7.85. The van der Waals surface area contributed by atoms with Crippen molar-refractivity contribution in [2.24, 2.45) is 0 Å². The van der Waals surface area contributed by atoms with Crippen molar-refractivity contribution in [3.63, 3.8) is 0 Å². The minimum atomic E-state index is -1.06. The molecular weight excluding hydrogens is 452 g/mol. The Morgan fingerprint density at radius 3 is 2.26 bits per heavy atom. The van der Waals surface area contributed by atoms with Gasteiger partial charge in [-0.15, -0.1) is 11.3 Å². The summed E-state index contributed by atoms with van der Waals surface area (Å²) >= 11 is 1.30. The zero-order valence-electron chi connectivity index (χ0n) is 20.0. The number of hydrogen-bond donors (Lipinski definition) is 1. The Bertz CT molecular complexity index is 1120. The molecule has 0 atom stereocenters. The summed E-state index contributed by atoms with van der Waals surface area (Å²) in [4.78, 5) is 31.7. The third-order valence-electron chi connectivity index (χ3n) is 5.60. The van der Waals surface area contributed by atoms with E-state index in [-0.39, 0.29) is 18.1 Å². The lowest BCUT2D eigenvalue weighted by Crippen LogP contribution is -2.32. The largest absolute Gasteiger partial charge is 0.496 e. The van der Waals surface area contributed by atoms with Gasteiger partial charge in [-0.2, -0.15) is 0 Å². The van der Waals surface area contributed by atoms with Crippen molar-refractivity contribution in [2.45, 2.75) is 39.7 Å². The lowest BCUT2D eigenvalue weighted by atomic mass is 10.0. The summed E-state index contributed by atoms with van der Waals surface area (Å²) in [6, 6.07) is 13.6. The van der Waals surface area contributed by atoms with Crippen LogP contribution in [0.2, 0.25) is 0 Å². The summed E-state index contributed by atoms with van der Waals surface area (Å²) in [5, 5.41) is 9.96. The van der Waals surface area contributed by atoms with E-state index in [1.807, 2.05) is 25.1 Å². The zero-order chi connectivity index (χ0) is 24.7. The fraction of sp³-hybridized carbons (Fsp3) is 0.346. The number of rotatable bonds is 11. The normalized spacial score (nSPS) is 10.7. The van der Waals surface area contributed by atoms with E-state index in [1.54, 1.807) is 38.2 Å². The predicted octanol–water partition coefficient (Wildman–Crippen LogP) is 5.00. The molecule has 1 aromatic heterocycles. The van der Waals surface area contributed by atoms with Crippen LogP contribution in [0.25, 0.3) is 0 Å². The first-order chi connectivity index (χ1) is 16.4. The molecule has 1 heterocycles. The molecule has 3 aromatic rings. The molecule has 34 heavy (non-hydrogen) atoms. The standard InChI is InChI=1S/C26H30N2O5S/c1-5-20-21(32-3)14-19(15-22(20)33-4)25(29)28(13-9-12-18-10-7-6-8-11-18)16-23-27-24(26(30)31)17(2)34-23/h6-8,10-11,14-15H,5,9,12-13,16H2,1-4H3,(H,30,31). The Hall–Kier alpha value is -3.39. The van der Waals surface area contributed by atoms with Crippen LogP contribution in [-0.2, 0) is 19.4 Å². The van der Waals surface area contributed by atoms with E-state index in [9.17, 15) is 14.7 Å². The Kier molecular flexibility index (Phi) is 8.65. The Morgan fingerprint density at radius 1 is 1.09 bits per heavy atom. The van der Waals surface area contributed by atoms with E-state index in [0.29, 0.717) is 39.9 Å². The van der Waals surface area contributed by atoms with E-state index < -0.39 is 5.97 Å². The average molecular weight is 483 g/mol. The van der Waals surface area contributed by atoms with Crippen LogP contribution in [0.4, 0.5) is 0 Å². The topological polar surface area (TPSA) is 89.0 Å². The highest BCUT2D eigenvalue weighted by atomic mass is 32.1. The van der Waals surface area contributed by atoms with Gasteiger partial charge >= 0.3 is 5.97 Å². The van der Waals surface area contributed by atoms with Crippen LogP contribution in [-0.4, -0.2) is 47.6 Å². The summed E-state index contributed by atoms with van der Waals surface area (Å²) in [6.07, 6.45) is 2.29. The number of amides is 1. The summed E-state index contributed by atoms with van der Waals surface area (Å²) < 4.78 is 11.1. The number of methoxy groups -OCH3 is 2. The molecule has 0 radical (unpaired) electrons. The van der Waals surface area contributed by atoms with Crippen molar-refractivity contribution in [1.29, 1.82) is 0 Å². The average Bonchev–Trinajstić information content (AvgIpc) is 3.22.